The number of nitrogens with one attached hydrogen (secondary N) is 1. The Morgan fingerprint density at radius 1 is 1.09 bits per heavy atom. The van der Waals surface area contributed by atoms with Gasteiger partial charge < -0.3 is 0 Å². The van der Waals surface area contributed by atoms with E-state index in [0.29, 0.717) is 0 Å². The Morgan fingerprint density at radius 3 is 2.50 bits per heavy atom. The monoisotopic (exact) mass is 291 g/mol. The van der Waals surface area contributed by atoms with Crippen molar-refractivity contribution in [1.29, 1.82) is 0 Å². The van der Waals surface area contributed by atoms with E-state index in [2.05, 4.69) is 54.4 Å². The third kappa shape index (κ3) is 2.00. The number of rotatable bonds is 2. The zero-order valence-electron chi connectivity index (χ0n) is 13.4. The Bertz CT molecular complexity index is 816. The van der Waals surface area contributed by atoms with Crippen molar-refractivity contribution < 1.29 is 0 Å². The summed E-state index contributed by atoms with van der Waals surface area (Å²) in [6, 6.07) is 11.3. The molecule has 0 aliphatic heterocycles. The molecule has 0 fully saturated rings. The van der Waals surface area contributed by atoms with Crippen LogP contribution in [0.1, 0.15) is 28.7 Å². The summed E-state index contributed by atoms with van der Waals surface area (Å²) in [7, 11) is 1.91. The van der Waals surface area contributed by atoms with Gasteiger partial charge in [-0.2, -0.15) is 0 Å². The average molecular weight is 291 g/mol. The quantitative estimate of drug-likeness (QED) is 0.754. The van der Waals surface area contributed by atoms with Crippen molar-refractivity contribution in [2.45, 2.75) is 33.1 Å². The van der Waals surface area contributed by atoms with E-state index in [0.717, 1.165) is 5.82 Å². The summed E-state index contributed by atoms with van der Waals surface area (Å²) < 4.78 is 0. The first-order chi connectivity index (χ1) is 10.6. The lowest BCUT2D eigenvalue weighted by Crippen LogP contribution is -2.12. The molecule has 3 nitrogen and oxygen atoms in total. The van der Waals surface area contributed by atoms with Crippen LogP contribution in [0.3, 0.4) is 0 Å². The fourth-order valence-electron chi connectivity index (χ4n) is 3.81. The van der Waals surface area contributed by atoms with Crippen LogP contribution in [0.4, 0.5) is 0 Å². The van der Waals surface area contributed by atoms with Crippen LogP contribution < -0.4 is 0 Å². The summed E-state index contributed by atoms with van der Waals surface area (Å²) in [5.74, 6) is 0.957. The highest BCUT2D eigenvalue weighted by molar-refractivity contribution is 5.78. The minimum absolute atomic E-state index is 0.957. The maximum Gasteiger partial charge on any atom is 0.175 e. The maximum absolute atomic E-state index is 4.37. The third-order valence-electron chi connectivity index (χ3n) is 4.74. The van der Waals surface area contributed by atoms with Crippen molar-refractivity contribution >= 4 is 0 Å². The molecule has 1 N–H and O–H groups in total. The van der Waals surface area contributed by atoms with Gasteiger partial charge >= 0.3 is 0 Å². The molecular formula is C19H21N3. The van der Waals surface area contributed by atoms with Gasteiger partial charge in [0.15, 0.2) is 5.82 Å². The summed E-state index contributed by atoms with van der Waals surface area (Å²) in [5.41, 5.74) is 9.74. The molecule has 0 atom stereocenters. The van der Waals surface area contributed by atoms with Gasteiger partial charge in [-0.25, -0.2) is 4.80 Å². The van der Waals surface area contributed by atoms with Gasteiger partial charge in [0.1, 0.15) is 0 Å². The third-order valence-corrected chi connectivity index (χ3v) is 4.74. The van der Waals surface area contributed by atoms with E-state index in [1.54, 1.807) is 10.4 Å². The molecular weight excluding hydrogens is 270 g/mol. The highest BCUT2D eigenvalue weighted by Gasteiger charge is 2.18. The fourth-order valence-corrected chi connectivity index (χ4v) is 3.81. The molecule has 2 aromatic carbocycles. The first-order valence-electron chi connectivity index (χ1n) is 7.95. The lowest BCUT2D eigenvalue weighted by molar-refractivity contribution is 0.556. The predicted octanol–water partition coefficient (Wildman–Crippen LogP) is 4.19. The van der Waals surface area contributed by atoms with E-state index in [1.165, 1.54) is 52.6 Å². The van der Waals surface area contributed by atoms with Crippen molar-refractivity contribution in [3.05, 3.63) is 52.6 Å². The van der Waals surface area contributed by atoms with Crippen molar-refractivity contribution in [1.82, 2.24) is 15.0 Å². The van der Waals surface area contributed by atoms with Gasteiger partial charge in [0.2, 0.25) is 0 Å². The lowest BCUT2D eigenvalue weighted by atomic mass is 9.89. The van der Waals surface area contributed by atoms with E-state index in [4.69, 9.17) is 0 Å². The van der Waals surface area contributed by atoms with Gasteiger partial charge in [0.05, 0.1) is 0 Å². The van der Waals surface area contributed by atoms with Crippen LogP contribution in [-0.4, -0.2) is 15.0 Å². The van der Waals surface area contributed by atoms with Gasteiger partial charge in [-0.15, -0.1) is 5.10 Å². The molecule has 1 aromatic heterocycles. The van der Waals surface area contributed by atoms with Gasteiger partial charge in [0.25, 0.3) is 0 Å². The molecule has 4 rings (SSSR count). The van der Waals surface area contributed by atoms with E-state index in [1.807, 2.05) is 7.05 Å². The van der Waals surface area contributed by atoms with E-state index in [9.17, 15) is 0 Å². The molecule has 22 heavy (non-hydrogen) atoms. The van der Waals surface area contributed by atoms with Crippen LogP contribution >= 0.6 is 0 Å². The molecule has 1 heterocycles. The first kappa shape index (κ1) is 13.4. The van der Waals surface area contributed by atoms with Crippen molar-refractivity contribution in [3.8, 4) is 22.5 Å². The number of H-pyrrole nitrogens is 1. The summed E-state index contributed by atoms with van der Waals surface area (Å²) in [6.07, 6.45) is 3.73. The van der Waals surface area contributed by atoms with Crippen LogP contribution in [0, 0.1) is 13.8 Å². The van der Waals surface area contributed by atoms with E-state index in [-0.39, 0.29) is 0 Å². The molecule has 0 radical (unpaired) electrons. The number of hydrogen-bond donors (Lipinski definition) is 1. The second-order valence-corrected chi connectivity index (χ2v) is 6.37. The van der Waals surface area contributed by atoms with Crippen LogP contribution in [0.2, 0.25) is 0 Å². The van der Waals surface area contributed by atoms with Crippen LogP contribution in [0.5, 0.6) is 0 Å². The normalized spacial score (nSPS) is 13.6. The SMILES string of the molecule is Cc1cc(-c2nn(C)[nH]2)cc(C)c1-c1cccc2c1CCC2. The highest BCUT2D eigenvalue weighted by atomic mass is 15.5. The standard InChI is InChI=1S/C19H21N3/c1-12-10-15(19-20-22(3)21-19)11-13(2)18(12)17-9-5-7-14-6-4-8-16(14)17/h5,7,9-11H,4,6,8H2,1-3H3,(H,20,21). The number of hydrogen-bond acceptors (Lipinski definition) is 1. The molecule has 0 bridgehead atoms. The number of aryl methyl sites for hydroxylation is 4. The smallest absolute Gasteiger partial charge is 0.175 e. The molecule has 0 amide bonds. The Labute approximate surface area is 131 Å². The Kier molecular flexibility index (Phi) is 2.96. The fraction of sp³-hybridized carbons (Fsp3) is 0.316. The largest absolute Gasteiger partial charge is 0.264 e. The summed E-state index contributed by atoms with van der Waals surface area (Å²) in [4.78, 5) is 1.73. The van der Waals surface area contributed by atoms with Gasteiger partial charge in [-0.1, -0.05) is 18.2 Å². The van der Waals surface area contributed by atoms with E-state index >= 15 is 0 Å². The van der Waals surface area contributed by atoms with Crippen molar-refractivity contribution in [3.63, 3.8) is 0 Å². The minimum Gasteiger partial charge on any atom is -0.264 e. The minimum atomic E-state index is 0.957. The molecule has 0 spiro atoms. The molecule has 1 aliphatic carbocycles. The Balaban J connectivity index is 1.86. The summed E-state index contributed by atoms with van der Waals surface area (Å²) in [6.45, 7) is 4.42. The number of benzene rings is 2. The Morgan fingerprint density at radius 2 is 1.82 bits per heavy atom. The number of aromatic nitrogens is 3. The second kappa shape index (κ2) is 4.87. The van der Waals surface area contributed by atoms with Gasteiger partial charge in [-0.05, 0) is 78.6 Å². The van der Waals surface area contributed by atoms with Crippen LogP contribution in [-0.2, 0) is 19.9 Å². The molecule has 1 aliphatic rings. The molecule has 3 heteroatoms. The molecule has 3 aromatic rings. The topological polar surface area (TPSA) is 33.6 Å². The predicted molar refractivity (Wildman–Crippen MR) is 89.9 cm³/mol. The van der Waals surface area contributed by atoms with E-state index < -0.39 is 0 Å². The number of aromatic amines is 1. The number of nitrogens with zero attached hydrogens (tertiary/aromatic N) is 2. The molecule has 0 saturated carbocycles. The first-order valence-corrected chi connectivity index (χ1v) is 7.95. The van der Waals surface area contributed by atoms with Crippen LogP contribution in [0.15, 0.2) is 30.3 Å². The van der Waals surface area contributed by atoms with Crippen molar-refractivity contribution in [2.75, 3.05) is 0 Å². The van der Waals surface area contributed by atoms with Crippen molar-refractivity contribution in [2.24, 2.45) is 7.05 Å². The van der Waals surface area contributed by atoms with Crippen LogP contribution in [0.25, 0.3) is 22.5 Å². The lowest BCUT2D eigenvalue weighted by Gasteiger charge is -2.17. The zero-order valence-corrected chi connectivity index (χ0v) is 13.4. The molecule has 0 saturated heterocycles. The second-order valence-electron chi connectivity index (χ2n) is 6.37. The summed E-state index contributed by atoms with van der Waals surface area (Å²) >= 11 is 0. The Hall–Kier alpha value is -2.29. The van der Waals surface area contributed by atoms with Gasteiger partial charge in [0, 0.05) is 12.6 Å². The molecule has 112 valence electrons. The summed E-state index contributed by atoms with van der Waals surface area (Å²) in [5, 5.41) is 7.57. The zero-order chi connectivity index (χ0) is 15.3. The highest BCUT2D eigenvalue weighted by Crippen LogP contribution is 2.37. The van der Waals surface area contributed by atoms with Gasteiger partial charge in [-0.3, -0.25) is 5.10 Å². The maximum atomic E-state index is 4.37. The average Bonchev–Trinajstić information content (AvgIpc) is 2.92. The molecule has 0 unspecified atom stereocenters. The number of fused-ring (bicyclic) bond motifs is 1.